The average molecular weight is 342 g/mol. The first-order valence-corrected chi connectivity index (χ1v) is 9.17. The zero-order valence-corrected chi connectivity index (χ0v) is 14.6. The van der Waals surface area contributed by atoms with Crippen molar-refractivity contribution >= 4 is 6.29 Å². The zero-order valence-electron chi connectivity index (χ0n) is 14.6. The van der Waals surface area contributed by atoms with Crippen molar-refractivity contribution in [3.05, 3.63) is 59.2 Å². The third kappa shape index (κ3) is 3.81. The number of rotatable bonds is 5. The van der Waals surface area contributed by atoms with Gasteiger partial charge in [-0.05, 0) is 60.3 Å². The molecule has 2 aromatic rings. The fraction of sp³-hybridized carbons (Fsp3) is 0.409. The number of carbonyl (C=O) groups is 1. The summed E-state index contributed by atoms with van der Waals surface area (Å²) >= 11 is 0. The zero-order chi connectivity index (χ0) is 17.8. The van der Waals surface area contributed by atoms with Crippen LogP contribution < -0.4 is 0 Å². The Morgan fingerprint density at radius 1 is 1.00 bits per heavy atom. The predicted molar refractivity (Wildman–Crippen MR) is 96.8 cm³/mol. The highest BCUT2D eigenvalue weighted by molar-refractivity contribution is 5.88. The van der Waals surface area contributed by atoms with E-state index in [2.05, 4.69) is 19.1 Å². The standard InChI is InChI=1S/C22H24F2O/c1-2-3-15-4-6-16(7-5-15)17-8-10-18(11-9-17)19-12-13-21(23)22(24)20(19)14-25/h8-16H,2-7H2,1H3. The molecule has 132 valence electrons. The molecule has 1 saturated carbocycles. The molecule has 0 radical (unpaired) electrons. The SMILES string of the molecule is CCCC1CCC(c2ccc(-c3ccc(F)c(F)c3C=O)cc2)CC1. The van der Waals surface area contributed by atoms with Crippen molar-refractivity contribution < 1.29 is 13.6 Å². The molecule has 0 unspecified atom stereocenters. The van der Waals surface area contributed by atoms with Gasteiger partial charge >= 0.3 is 0 Å². The molecule has 1 aliphatic carbocycles. The van der Waals surface area contributed by atoms with Crippen LogP contribution in [0.3, 0.4) is 0 Å². The van der Waals surface area contributed by atoms with Gasteiger partial charge in [0.2, 0.25) is 0 Å². The van der Waals surface area contributed by atoms with Gasteiger partial charge < -0.3 is 0 Å². The van der Waals surface area contributed by atoms with Gasteiger partial charge in [0.25, 0.3) is 0 Å². The molecule has 3 heteroatoms. The average Bonchev–Trinajstić information content (AvgIpc) is 2.65. The number of benzene rings is 2. The predicted octanol–water partition coefficient (Wildman–Crippen LogP) is 6.52. The van der Waals surface area contributed by atoms with E-state index < -0.39 is 11.6 Å². The quantitative estimate of drug-likeness (QED) is 0.565. The van der Waals surface area contributed by atoms with E-state index >= 15 is 0 Å². The molecule has 3 rings (SSSR count). The second kappa shape index (κ2) is 7.90. The van der Waals surface area contributed by atoms with Crippen molar-refractivity contribution in [2.24, 2.45) is 5.92 Å². The molecule has 1 fully saturated rings. The fourth-order valence-electron chi connectivity index (χ4n) is 4.06. The molecule has 1 aliphatic rings. The van der Waals surface area contributed by atoms with Crippen LogP contribution >= 0.6 is 0 Å². The van der Waals surface area contributed by atoms with E-state index in [9.17, 15) is 13.6 Å². The minimum Gasteiger partial charge on any atom is -0.298 e. The van der Waals surface area contributed by atoms with Crippen LogP contribution in [0.2, 0.25) is 0 Å². The number of aldehydes is 1. The van der Waals surface area contributed by atoms with Gasteiger partial charge in [-0.2, -0.15) is 0 Å². The lowest BCUT2D eigenvalue weighted by molar-refractivity contribution is 0.111. The smallest absolute Gasteiger partial charge is 0.169 e. The third-order valence-corrected chi connectivity index (χ3v) is 5.49. The van der Waals surface area contributed by atoms with E-state index in [1.54, 1.807) is 0 Å². The van der Waals surface area contributed by atoms with Crippen molar-refractivity contribution in [1.82, 2.24) is 0 Å². The van der Waals surface area contributed by atoms with Gasteiger partial charge in [0.15, 0.2) is 17.9 Å². The minimum absolute atomic E-state index is 0.215. The Labute approximate surface area is 148 Å². The molecule has 0 spiro atoms. The van der Waals surface area contributed by atoms with E-state index in [4.69, 9.17) is 0 Å². The summed E-state index contributed by atoms with van der Waals surface area (Å²) < 4.78 is 27.1. The van der Waals surface area contributed by atoms with Crippen LogP contribution in [0.5, 0.6) is 0 Å². The molecule has 0 atom stereocenters. The Kier molecular flexibility index (Phi) is 5.62. The minimum atomic E-state index is -1.08. The lowest BCUT2D eigenvalue weighted by Gasteiger charge is -2.28. The normalized spacial score (nSPS) is 20.4. The third-order valence-electron chi connectivity index (χ3n) is 5.49. The molecule has 0 amide bonds. The molecule has 1 nitrogen and oxygen atoms in total. The lowest BCUT2D eigenvalue weighted by atomic mass is 9.77. The summed E-state index contributed by atoms with van der Waals surface area (Å²) in [6.45, 7) is 2.25. The highest BCUT2D eigenvalue weighted by Gasteiger charge is 2.22. The first-order valence-electron chi connectivity index (χ1n) is 9.17. The van der Waals surface area contributed by atoms with Crippen molar-refractivity contribution in [2.75, 3.05) is 0 Å². The van der Waals surface area contributed by atoms with Crippen LogP contribution in [0.25, 0.3) is 11.1 Å². The largest absolute Gasteiger partial charge is 0.298 e. The van der Waals surface area contributed by atoms with Gasteiger partial charge in [0.05, 0.1) is 5.56 Å². The maximum Gasteiger partial charge on any atom is 0.169 e. The number of carbonyl (C=O) groups excluding carboxylic acids is 1. The van der Waals surface area contributed by atoms with Gasteiger partial charge in [-0.3, -0.25) is 4.79 Å². The highest BCUT2D eigenvalue weighted by Crippen LogP contribution is 2.38. The van der Waals surface area contributed by atoms with Crippen LogP contribution in [0.15, 0.2) is 36.4 Å². The first-order chi connectivity index (χ1) is 12.1. The van der Waals surface area contributed by atoms with Gasteiger partial charge in [-0.1, -0.05) is 50.1 Å². The Morgan fingerprint density at radius 3 is 2.28 bits per heavy atom. The molecule has 0 aliphatic heterocycles. The summed E-state index contributed by atoms with van der Waals surface area (Å²) in [5, 5.41) is 0. The van der Waals surface area contributed by atoms with E-state index in [1.807, 2.05) is 12.1 Å². The molecular formula is C22H24F2O. The molecule has 0 bridgehead atoms. The van der Waals surface area contributed by atoms with Crippen LogP contribution in [-0.2, 0) is 0 Å². The van der Waals surface area contributed by atoms with Crippen molar-refractivity contribution in [1.29, 1.82) is 0 Å². The van der Waals surface area contributed by atoms with E-state index in [0.29, 0.717) is 17.8 Å². The molecular weight excluding hydrogens is 318 g/mol. The van der Waals surface area contributed by atoms with Crippen molar-refractivity contribution in [3.63, 3.8) is 0 Å². The first kappa shape index (κ1) is 17.8. The van der Waals surface area contributed by atoms with Gasteiger partial charge in [0, 0.05) is 0 Å². The summed E-state index contributed by atoms with van der Waals surface area (Å²) in [4.78, 5) is 11.2. The number of halogens is 2. The Balaban J connectivity index is 1.78. The summed E-state index contributed by atoms with van der Waals surface area (Å²) in [7, 11) is 0. The maximum atomic E-state index is 13.8. The van der Waals surface area contributed by atoms with Gasteiger partial charge in [-0.25, -0.2) is 8.78 Å². The van der Waals surface area contributed by atoms with E-state index in [0.717, 1.165) is 17.5 Å². The Hall–Kier alpha value is -2.03. The number of hydrogen-bond donors (Lipinski definition) is 0. The molecule has 0 heterocycles. The topological polar surface area (TPSA) is 17.1 Å². The molecule has 25 heavy (non-hydrogen) atoms. The van der Waals surface area contributed by atoms with E-state index in [1.165, 1.54) is 50.2 Å². The van der Waals surface area contributed by atoms with Crippen LogP contribution in [0.4, 0.5) is 8.78 Å². The monoisotopic (exact) mass is 342 g/mol. The maximum absolute atomic E-state index is 13.8. The van der Waals surface area contributed by atoms with Gasteiger partial charge in [0.1, 0.15) is 0 Å². The molecule has 0 saturated heterocycles. The fourth-order valence-corrected chi connectivity index (χ4v) is 4.06. The van der Waals surface area contributed by atoms with Crippen molar-refractivity contribution in [2.45, 2.75) is 51.4 Å². The second-order valence-corrected chi connectivity index (χ2v) is 7.07. The number of hydrogen-bond acceptors (Lipinski definition) is 1. The Morgan fingerprint density at radius 2 is 1.68 bits per heavy atom. The molecule has 2 aromatic carbocycles. The van der Waals surface area contributed by atoms with E-state index in [-0.39, 0.29) is 5.56 Å². The summed E-state index contributed by atoms with van der Waals surface area (Å²) in [6, 6.07) is 10.5. The molecule has 0 aromatic heterocycles. The molecule has 0 N–H and O–H groups in total. The van der Waals surface area contributed by atoms with Gasteiger partial charge in [-0.15, -0.1) is 0 Å². The second-order valence-electron chi connectivity index (χ2n) is 7.07. The lowest BCUT2D eigenvalue weighted by Crippen LogP contribution is -2.13. The highest BCUT2D eigenvalue weighted by atomic mass is 19.2. The van der Waals surface area contributed by atoms with Crippen LogP contribution in [0, 0.1) is 17.6 Å². The summed E-state index contributed by atoms with van der Waals surface area (Å²) in [5.41, 5.74) is 2.26. The van der Waals surface area contributed by atoms with Crippen LogP contribution in [-0.4, -0.2) is 6.29 Å². The van der Waals surface area contributed by atoms with Crippen LogP contribution in [0.1, 0.15) is 67.3 Å². The Bertz CT molecular complexity index is 728. The summed E-state index contributed by atoms with van der Waals surface area (Å²) in [6.07, 6.45) is 7.99. The van der Waals surface area contributed by atoms with Crippen molar-refractivity contribution in [3.8, 4) is 11.1 Å². The summed E-state index contributed by atoms with van der Waals surface area (Å²) in [5.74, 6) is -0.618.